The molecule has 0 saturated carbocycles. The molecule has 0 bridgehead atoms. The lowest BCUT2D eigenvalue weighted by atomic mass is 9.91. The lowest BCUT2D eigenvalue weighted by Gasteiger charge is -2.21. The first-order valence-corrected chi connectivity index (χ1v) is 22.0. The summed E-state index contributed by atoms with van der Waals surface area (Å²) >= 11 is 1.82. The van der Waals surface area contributed by atoms with Crippen LogP contribution in [0.4, 0.5) is 0 Å². The van der Waals surface area contributed by atoms with Gasteiger partial charge in [-0.3, -0.25) is 0 Å². The number of nitrogens with zero attached hydrogens (tertiary/aromatic N) is 3. The summed E-state index contributed by atoms with van der Waals surface area (Å²) in [7, 11) is 0. The minimum atomic E-state index is 0.684. The minimum Gasteiger partial charge on any atom is -0.455 e. The fourth-order valence-electron chi connectivity index (χ4n) is 9.56. The van der Waals surface area contributed by atoms with Crippen LogP contribution in [0.25, 0.3) is 126 Å². The predicted molar refractivity (Wildman–Crippen MR) is 264 cm³/mol. The maximum absolute atomic E-state index is 7.18. The van der Waals surface area contributed by atoms with E-state index in [1.807, 2.05) is 35.6 Å². The van der Waals surface area contributed by atoms with Gasteiger partial charge in [-0.1, -0.05) is 158 Å². The van der Waals surface area contributed by atoms with Gasteiger partial charge in [0.1, 0.15) is 11.2 Å². The molecular formula is C58H35N3OS. The van der Waals surface area contributed by atoms with Gasteiger partial charge >= 0.3 is 0 Å². The number of furan rings is 1. The molecule has 4 heterocycles. The number of para-hydroxylation sites is 1. The Morgan fingerprint density at radius 2 is 0.889 bits per heavy atom. The van der Waals surface area contributed by atoms with Crippen LogP contribution >= 0.6 is 11.3 Å². The molecule has 0 aliphatic rings. The smallest absolute Gasteiger partial charge is 0.160 e. The maximum Gasteiger partial charge on any atom is 0.160 e. The molecule has 4 nitrogen and oxygen atoms in total. The van der Waals surface area contributed by atoms with E-state index in [-0.39, 0.29) is 0 Å². The highest BCUT2D eigenvalue weighted by atomic mass is 32.1. The number of hydrogen-bond donors (Lipinski definition) is 0. The van der Waals surface area contributed by atoms with Crippen molar-refractivity contribution in [3.05, 3.63) is 212 Å². The highest BCUT2D eigenvalue weighted by Gasteiger charge is 2.25. The molecule has 0 aliphatic carbocycles. The van der Waals surface area contributed by atoms with Gasteiger partial charge in [-0.15, -0.1) is 11.3 Å². The van der Waals surface area contributed by atoms with Crippen molar-refractivity contribution in [1.29, 1.82) is 0 Å². The standard InChI is InChI=1S/C58H35N3OS/c1-5-17-36(18-6-1)45-33-40(48-35-47(38-21-9-3-10-22-38)59-58(60-48)39-23-11-4-12-24-39)34-46(37-19-7-2-8-20-37)55(45)61-49-27-15-13-25-43(49)53-50(61)31-29-41-42-30-32-52-54(57(42)62-56(41)53)44-26-14-16-28-51(44)63-52/h1-35H. The quantitative estimate of drug-likeness (QED) is 0.168. The molecule has 0 fully saturated rings. The predicted octanol–water partition coefficient (Wildman–Crippen LogP) is 16.2. The molecule has 294 valence electrons. The highest BCUT2D eigenvalue weighted by molar-refractivity contribution is 7.26. The Morgan fingerprint density at radius 1 is 0.365 bits per heavy atom. The summed E-state index contributed by atoms with van der Waals surface area (Å²) in [6.07, 6.45) is 0. The zero-order valence-corrected chi connectivity index (χ0v) is 34.7. The summed E-state index contributed by atoms with van der Waals surface area (Å²) in [5.41, 5.74) is 14.2. The van der Waals surface area contributed by atoms with Crippen molar-refractivity contribution in [3.8, 4) is 61.8 Å². The van der Waals surface area contributed by atoms with Gasteiger partial charge in [0, 0.05) is 64.1 Å². The second kappa shape index (κ2) is 14.2. The Kier molecular flexibility index (Phi) is 8.05. The van der Waals surface area contributed by atoms with Crippen molar-refractivity contribution < 1.29 is 4.42 Å². The van der Waals surface area contributed by atoms with E-state index in [1.54, 1.807) is 0 Å². The molecular weight excluding hydrogens is 787 g/mol. The van der Waals surface area contributed by atoms with Crippen LogP contribution in [0, 0.1) is 0 Å². The average Bonchev–Trinajstić information content (AvgIpc) is 4.04. The van der Waals surface area contributed by atoms with Gasteiger partial charge in [-0.25, -0.2) is 9.97 Å². The SMILES string of the molecule is c1ccc(-c2cc(-c3cc(-c4ccccc4)c(-n4c5ccccc5c5c6oc7c(ccc8sc9ccccc9c87)c6ccc54)c(-c4ccccc4)c3)nc(-c3ccccc3)n2)cc1. The van der Waals surface area contributed by atoms with Gasteiger partial charge in [0.15, 0.2) is 5.82 Å². The topological polar surface area (TPSA) is 43.9 Å². The van der Waals surface area contributed by atoms with Crippen LogP contribution in [-0.2, 0) is 0 Å². The lowest BCUT2D eigenvalue weighted by molar-refractivity contribution is 0.677. The van der Waals surface area contributed by atoms with Crippen LogP contribution in [0.15, 0.2) is 217 Å². The van der Waals surface area contributed by atoms with Crippen LogP contribution in [0.5, 0.6) is 0 Å². The van der Waals surface area contributed by atoms with Gasteiger partial charge in [-0.05, 0) is 65.7 Å². The molecule has 0 aliphatic heterocycles. The average molecular weight is 822 g/mol. The normalized spacial score (nSPS) is 11.8. The van der Waals surface area contributed by atoms with E-state index < -0.39 is 0 Å². The van der Waals surface area contributed by atoms with Crippen molar-refractivity contribution in [3.63, 3.8) is 0 Å². The van der Waals surface area contributed by atoms with Crippen molar-refractivity contribution in [2.45, 2.75) is 0 Å². The number of aromatic nitrogens is 3. The van der Waals surface area contributed by atoms with Gasteiger partial charge in [-0.2, -0.15) is 0 Å². The zero-order valence-electron chi connectivity index (χ0n) is 33.9. The Bertz CT molecular complexity index is 3770. The van der Waals surface area contributed by atoms with Crippen LogP contribution in [0.2, 0.25) is 0 Å². The summed E-state index contributed by atoms with van der Waals surface area (Å²) in [5.74, 6) is 0.684. The van der Waals surface area contributed by atoms with Crippen LogP contribution < -0.4 is 0 Å². The molecule has 13 rings (SSSR count). The second-order valence-corrected chi connectivity index (χ2v) is 17.1. The molecule has 0 amide bonds. The zero-order chi connectivity index (χ0) is 41.4. The summed E-state index contributed by atoms with van der Waals surface area (Å²) in [4.78, 5) is 10.5. The molecule has 13 aromatic rings. The molecule has 0 radical (unpaired) electrons. The molecule has 0 unspecified atom stereocenters. The maximum atomic E-state index is 7.18. The summed E-state index contributed by atoms with van der Waals surface area (Å²) in [6.45, 7) is 0. The lowest BCUT2D eigenvalue weighted by Crippen LogP contribution is -2.02. The first-order valence-electron chi connectivity index (χ1n) is 21.2. The summed E-state index contributed by atoms with van der Waals surface area (Å²) < 4.78 is 12.1. The van der Waals surface area contributed by atoms with Crippen LogP contribution in [0.1, 0.15) is 0 Å². The van der Waals surface area contributed by atoms with Crippen LogP contribution in [-0.4, -0.2) is 14.5 Å². The molecule has 0 saturated heterocycles. The van der Waals surface area contributed by atoms with Gasteiger partial charge in [0.05, 0.1) is 33.5 Å². The molecule has 0 spiro atoms. The number of benzene rings is 9. The van der Waals surface area contributed by atoms with Crippen molar-refractivity contribution >= 4 is 75.3 Å². The Hall–Kier alpha value is -8.12. The largest absolute Gasteiger partial charge is 0.455 e. The van der Waals surface area contributed by atoms with Gasteiger partial charge in [0.25, 0.3) is 0 Å². The van der Waals surface area contributed by atoms with E-state index in [2.05, 4.69) is 193 Å². The van der Waals surface area contributed by atoms with E-state index >= 15 is 0 Å². The summed E-state index contributed by atoms with van der Waals surface area (Å²) in [5, 5.41) is 6.91. The molecule has 0 atom stereocenters. The van der Waals surface area contributed by atoms with E-state index in [4.69, 9.17) is 14.4 Å². The van der Waals surface area contributed by atoms with E-state index in [0.717, 1.165) is 99.8 Å². The fraction of sp³-hybridized carbons (Fsp3) is 0. The second-order valence-electron chi connectivity index (χ2n) is 16.1. The fourth-order valence-corrected chi connectivity index (χ4v) is 10.7. The number of thiophene rings is 1. The van der Waals surface area contributed by atoms with Gasteiger partial charge < -0.3 is 8.98 Å². The molecule has 5 heteroatoms. The third-order valence-electron chi connectivity index (χ3n) is 12.4. The minimum absolute atomic E-state index is 0.684. The third kappa shape index (κ3) is 5.67. The number of hydrogen-bond acceptors (Lipinski definition) is 4. The first kappa shape index (κ1) is 35.6. The first-order chi connectivity index (χ1) is 31.2. The van der Waals surface area contributed by atoms with E-state index in [9.17, 15) is 0 Å². The van der Waals surface area contributed by atoms with Crippen molar-refractivity contribution in [1.82, 2.24) is 14.5 Å². The molecule has 0 N–H and O–H groups in total. The number of rotatable bonds is 6. The third-order valence-corrected chi connectivity index (χ3v) is 13.5. The molecule has 63 heavy (non-hydrogen) atoms. The Morgan fingerprint density at radius 3 is 1.56 bits per heavy atom. The van der Waals surface area contributed by atoms with Crippen LogP contribution in [0.3, 0.4) is 0 Å². The number of fused-ring (bicyclic) bond motifs is 11. The van der Waals surface area contributed by atoms with E-state index in [1.165, 1.54) is 20.2 Å². The highest BCUT2D eigenvalue weighted by Crippen LogP contribution is 2.48. The van der Waals surface area contributed by atoms with Crippen molar-refractivity contribution in [2.24, 2.45) is 0 Å². The van der Waals surface area contributed by atoms with Gasteiger partial charge in [0.2, 0.25) is 0 Å². The Balaban J connectivity index is 1.14. The molecule has 9 aromatic carbocycles. The van der Waals surface area contributed by atoms with E-state index in [0.29, 0.717) is 5.82 Å². The Labute approximate surface area is 366 Å². The summed E-state index contributed by atoms with van der Waals surface area (Å²) in [6, 6.07) is 75.4. The monoisotopic (exact) mass is 821 g/mol. The molecule has 4 aromatic heterocycles. The van der Waals surface area contributed by atoms with Crippen molar-refractivity contribution in [2.75, 3.05) is 0 Å².